The van der Waals surface area contributed by atoms with Crippen LogP contribution < -0.4 is 10.6 Å². The molecule has 0 aromatic carbocycles. The summed E-state index contributed by atoms with van der Waals surface area (Å²) in [6.07, 6.45) is 2.48. The van der Waals surface area contributed by atoms with Crippen molar-refractivity contribution in [1.29, 1.82) is 0 Å². The Hall–Kier alpha value is -2.16. The smallest absolute Gasteiger partial charge is 0.306 e. The summed E-state index contributed by atoms with van der Waals surface area (Å²) in [6, 6.07) is -0.00175. The molecule has 0 radical (unpaired) electrons. The number of esters is 1. The third-order valence-corrected chi connectivity index (χ3v) is 3.97. The van der Waals surface area contributed by atoms with Crippen molar-refractivity contribution in [3.63, 3.8) is 0 Å². The van der Waals surface area contributed by atoms with Crippen LogP contribution in [-0.4, -0.2) is 53.2 Å². The fourth-order valence-corrected chi connectivity index (χ4v) is 2.67. The molecule has 1 aromatic rings. The molecule has 1 aromatic heterocycles. The second-order valence-electron chi connectivity index (χ2n) is 6.02. The maximum Gasteiger partial charge on any atom is 0.306 e. The van der Waals surface area contributed by atoms with Gasteiger partial charge in [0.05, 0.1) is 6.54 Å². The van der Waals surface area contributed by atoms with Crippen LogP contribution in [0.15, 0.2) is 5.16 Å². The van der Waals surface area contributed by atoms with Gasteiger partial charge in [-0.1, -0.05) is 11.8 Å². The monoisotopic (exact) mass is 382 g/mol. The average molecular weight is 382 g/mol. The summed E-state index contributed by atoms with van der Waals surface area (Å²) in [5.74, 6) is -1.30. The van der Waals surface area contributed by atoms with Gasteiger partial charge in [-0.05, 0) is 45.9 Å². The first-order valence-electron chi connectivity index (χ1n) is 8.32. The number of ether oxygens (including phenoxy) is 1. The van der Waals surface area contributed by atoms with Gasteiger partial charge in [0.1, 0.15) is 0 Å². The predicted octanol–water partition coefficient (Wildman–Crippen LogP) is 0.932. The number of carbonyl (C=O) groups is 3. The Morgan fingerprint density at radius 3 is 2.27 bits per heavy atom. The van der Waals surface area contributed by atoms with E-state index in [0.717, 1.165) is 17.0 Å². The molecule has 1 heterocycles. The molecule has 0 aliphatic rings. The van der Waals surface area contributed by atoms with Crippen LogP contribution in [0.1, 0.15) is 37.2 Å². The minimum absolute atomic E-state index is 0.00175. The summed E-state index contributed by atoms with van der Waals surface area (Å²) in [7, 11) is 0. The van der Waals surface area contributed by atoms with Gasteiger partial charge in [-0.3, -0.25) is 14.4 Å². The molecule has 8 nitrogen and oxygen atoms in total. The topological polar surface area (TPSA) is 110 Å². The highest BCUT2D eigenvalue weighted by Crippen LogP contribution is 2.17. The highest BCUT2D eigenvalue weighted by Gasteiger charge is 2.13. The van der Waals surface area contributed by atoms with Crippen molar-refractivity contribution in [3.05, 3.63) is 17.0 Å². The molecule has 144 valence electrons. The van der Waals surface area contributed by atoms with Crippen molar-refractivity contribution >= 4 is 29.5 Å². The van der Waals surface area contributed by atoms with Crippen LogP contribution in [0.5, 0.6) is 0 Å². The van der Waals surface area contributed by atoms with Crippen molar-refractivity contribution in [2.24, 2.45) is 0 Å². The van der Waals surface area contributed by atoms with Gasteiger partial charge in [-0.25, -0.2) is 9.97 Å². The van der Waals surface area contributed by atoms with Crippen LogP contribution in [0, 0.1) is 13.8 Å². The molecule has 0 aliphatic heterocycles. The van der Waals surface area contributed by atoms with Gasteiger partial charge in [0.15, 0.2) is 11.8 Å². The van der Waals surface area contributed by atoms with Gasteiger partial charge in [-0.2, -0.15) is 0 Å². The number of rotatable bonds is 9. The van der Waals surface area contributed by atoms with Crippen LogP contribution in [0.2, 0.25) is 0 Å². The second-order valence-corrected chi connectivity index (χ2v) is 6.79. The molecule has 26 heavy (non-hydrogen) atoms. The number of nitrogens with zero attached hydrogens (tertiary/aromatic N) is 2. The van der Waals surface area contributed by atoms with E-state index in [-0.39, 0.29) is 24.9 Å². The van der Waals surface area contributed by atoms with E-state index in [0.29, 0.717) is 11.6 Å². The Balaban J connectivity index is 2.37. The van der Waals surface area contributed by atoms with E-state index >= 15 is 0 Å². The van der Waals surface area contributed by atoms with Gasteiger partial charge in [0.2, 0.25) is 5.91 Å². The largest absolute Gasteiger partial charge is 0.456 e. The minimum atomic E-state index is -0.516. The predicted molar refractivity (Wildman–Crippen MR) is 98.9 cm³/mol. The average Bonchev–Trinajstić information content (AvgIpc) is 2.56. The normalized spacial score (nSPS) is 10.5. The lowest BCUT2D eigenvalue weighted by Crippen LogP contribution is -2.41. The summed E-state index contributed by atoms with van der Waals surface area (Å²) < 4.78 is 4.94. The number of hydrogen-bond donors (Lipinski definition) is 2. The molecule has 0 saturated carbocycles. The maximum absolute atomic E-state index is 11.8. The van der Waals surface area contributed by atoms with Gasteiger partial charge in [-0.15, -0.1) is 0 Å². The molecule has 0 unspecified atom stereocenters. The Kier molecular flexibility index (Phi) is 9.04. The molecule has 0 bridgehead atoms. The number of carbonyl (C=O) groups excluding carboxylic acids is 3. The van der Waals surface area contributed by atoms with E-state index in [4.69, 9.17) is 4.74 Å². The zero-order valence-electron chi connectivity index (χ0n) is 15.8. The molecule has 0 fully saturated rings. The summed E-state index contributed by atoms with van der Waals surface area (Å²) in [6.45, 7) is 6.85. The fraction of sp³-hybridized carbons (Fsp3) is 0.588. The Bertz CT molecular complexity index is 641. The van der Waals surface area contributed by atoms with E-state index in [2.05, 4.69) is 20.6 Å². The number of amides is 2. The van der Waals surface area contributed by atoms with Gasteiger partial charge in [0.25, 0.3) is 5.91 Å². The minimum Gasteiger partial charge on any atom is -0.456 e. The Morgan fingerprint density at radius 2 is 1.73 bits per heavy atom. The highest BCUT2D eigenvalue weighted by molar-refractivity contribution is 7.98. The molecule has 0 atom stereocenters. The number of aromatic nitrogens is 2. The molecular formula is C17H26N4O4S. The van der Waals surface area contributed by atoms with Crippen molar-refractivity contribution < 1.29 is 19.1 Å². The first-order chi connectivity index (χ1) is 12.2. The van der Waals surface area contributed by atoms with E-state index < -0.39 is 18.5 Å². The summed E-state index contributed by atoms with van der Waals surface area (Å²) in [5, 5.41) is 5.74. The van der Waals surface area contributed by atoms with Crippen molar-refractivity contribution in [1.82, 2.24) is 20.6 Å². The van der Waals surface area contributed by atoms with Crippen molar-refractivity contribution in [3.8, 4) is 0 Å². The van der Waals surface area contributed by atoms with Crippen LogP contribution in [0.25, 0.3) is 0 Å². The summed E-state index contributed by atoms with van der Waals surface area (Å²) in [5.41, 5.74) is 2.58. The van der Waals surface area contributed by atoms with E-state index in [1.54, 1.807) is 0 Å². The Labute approximate surface area is 157 Å². The number of nitrogens with one attached hydrogen (secondary N) is 2. The molecular weight excluding hydrogens is 356 g/mol. The zero-order valence-corrected chi connectivity index (χ0v) is 16.7. The summed E-state index contributed by atoms with van der Waals surface area (Å²) in [4.78, 5) is 43.6. The number of hydrogen-bond acceptors (Lipinski definition) is 7. The lowest BCUT2D eigenvalue weighted by Gasteiger charge is -2.11. The SMILES string of the molecule is CSc1nc(C)c(CCC(=O)OCC(=O)NCC(=O)NC(C)C)c(C)n1. The van der Waals surface area contributed by atoms with E-state index in [1.165, 1.54) is 11.8 Å². The van der Waals surface area contributed by atoms with Crippen LogP contribution >= 0.6 is 11.8 Å². The maximum atomic E-state index is 11.8. The van der Waals surface area contributed by atoms with Gasteiger partial charge in [0, 0.05) is 23.9 Å². The molecule has 2 N–H and O–H groups in total. The van der Waals surface area contributed by atoms with Crippen LogP contribution in [0.3, 0.4) is 0 Å². The fourth-order valence-electron chi connectivity index (χ4n) is 2.21. The zero-order chi connectivity index (χ0) is 19.7. The molecule has 2 amide bonds. The standard InChI is InChI=1S/C17H26N4O4S/c1-10(2)19-14(22)8-18-15(23)9-25-16(24)7-6-13-11(3)20-17(26-5)21-12(13)4/h10H,6-9H2,1-5H3,(H,18,23)(H,19,22). The number of aryl methyl sites for hydroxylation is 2. The van der Waals surface area contributed by atoms with E-state index in [9.17, 15) is 14.4 Å². The third-order valence-electron chi connectivity index (χ3n) is 3.42. The molecule has 0 saturated heterocycles. The molecule has 9 heteroatoms. The molecule has 0 spiro atoms. The van der Waals surface area contributed by atoms with Gasteiger partial charge >= 0.3 is 5.97 Å². The lowest BCUT2D eigenvalue weighted by atomic mass is 10.1. The van der Waals surface area contributed by atoms with Crippen molar-refractivity contribution in [2.75, 3.05) is 19.4 Å². The van der Waals surface area contributed by atoms with Crippen LogP contribution in [0.4, 0.5) is 0 Å². The lowest BCUT2D eigenvalue weighted by molar-refractivity contribution is -0.148. The molecule has 0 aliphatic carbocycles. The first-order valence-corrected chi connectivity index (χ1v) is 9.55. The second kappa shape index (κ2) is 10.7. The number of thioether (sulfide) groups is 1. The highest BCUT2D eigenvalue weighted by atomic mass is 32.2. The van der Waals surface area contributed by atoms with E-state index in [1.807, 2.05) is 34.0 Å². The van der Waals surface area contributed by atoms with Crippen molar-refractivity contribution in [2.45, 2.75) is 51.7 Å². The van der Waals surface area contributed by atoms with Gasteiger partial charge < -0.3 is 15.4 Å². The quantitative estimate of drug-likeness (QED) is 0.371. The first kappa shape index (κ1) is 21.9. The Morgan fingerprint density at radius 1 is 1.12 bits per heavy atom. The third kappa shape index (κ3) is 7.81. The summed E-state index contributed by atoms with van der Waals surface area (Å²) >= 11 is 1.46. The van der Waals surface area contributed by atoms with Crippen LogP contribution in [-0.2, 0) is 25.5 Å². The molecule has 1 rings (SSSR count).